The van der Waals surface area contributed by atoms with Crippen molar-refractivity contribution in [1.82, 2.24) is 10.2 Å². The monoisotopic (exact) mass is 385 g/mol. The van der Waals surface area contributed by atoms with Gasteiger partial charge in [-0.1, -0.05) is 27.7 Å². The van der Waals surface area contributed by atoms with E-state index in [1.807, 2.05) is 27.7 Å². The smallest absolute Gasteiger partial charge is 0.233 e. The number of likely N-dealkylation sites (tertiary alicyclic amines) is 1. The van der Waals surface area contributed by atoms with E-state index in [4.69, 9.17) is 10.8 Å². The zero-order valence-electron chi connectivity index (χ0n) is 17.9. The molecule has 3 amide bonds. The first-order valence-corrected chi connectivity index (χ1v) is 9.91. The van der Waals surface area contributed by atoms with Crippen LogP contribution in [-0.4, -0.2) is 53.0 Å². The highest BCUT2D eigenvalue weighted by molar-refractivity contribution is 6.03. The van der Waals surface area contributed by atoms with Gasteiger partial charge >= 0.3 is 0 Å². The number of nitrogens with one attached hydrogen (secondary N) is 1. The van der Waals surface area contributed by atoms with Crippen LogP contribution in [-0.2, 0) is 14.4 Å². The largest absolute Gasteiger partial charge is 0.396 e. The lowest BCUT2D eigenvalue weighted by atomic mass is 9.94. The Kier molecular flexibility index (Phi) is 11.4. The molecular weight excluding hydrogens is 346 g/mol. The summed E-state index contributed by atoms with van der Waals surface area (Å²) < 4.78 is 0. The van der Waals surface area contributed by atoms with Gasteiger partial charge in [0.2, 0.25) is 17.7 Å². The second-order valence-corrected chi connectivity index (χ2v) is 8.57. The van der Waals surface area contributed by atoms with Crippen molar-refractivity contribution in [2.45, 2.75) is 72.8 Å². The molecule has 0 spiro atoms. The molecule has 1 rings (SSSR count). The SMILES string of the molecule is CC(C)C1CC(=O)N(CCC(=O)NC(C)(C)CCO)C1=O.CC(C)CCN. The normalized spacial score (nSPS) is 17.4. The van der Waals surface area contributed by atoms with Gasteiger partial charge in [0.25, 0.3) is 0 Å². The van der Waals surface area contributed by atoms with Gasteiger partial charge < -0.3 is 16.2 Å². The Bertz CT molecular complexity index is 490. The summed E-state index contributed by atoms with van der Waals surface area (Å²) in [6.45, 7) is 12.8. The first-order valence-electron chi connectivity index (χ1n) is 9.91. The van der Waals surface area contributed by atoms with Gasteiger partial charge in [0.05, 0.1) is 0 Å². The zero-order chi connectivity index (χ0) is 21.2. The second kappa shape index (κ2) is 12.1. The fraction of sp³-hybridized carbons (Fsp3) is 0.850. The molecule has 1 aliphatic heterocycles. The summed E-state index contributed by atoms with van der Waals surface area (Å²) in [6, 6.07) is 0. The topological polar surface area (TPSA) is 113 Å². The van der Waals surface area contributed by atoms with Crippen molar-refractivity contribution in [3.8, 4) is 0 Å². The lowest BCUT2D eigenvalue weighted by Gasteiger charge is -2.26. The highest BCUT2D eigenvalue weighted by Gasteiger charge is 2.39. The van der Waals surface area contributed by atoms with Crippen molar-refractivity contribution >= 4 is 17.7 Å². The van der Waals surface area contributed by atoms with Gasteiger partial charge in [0.15, 0.2) is 0 Å². The number of carbonyl (C=O) groups is 3. The number of nitrogens with zero attached hydrogens (tertiary/aromatic N) is 1. The summed E-state index contributed by atoms with van der Waals surface area (Å²) >= 11 is 0. The van der Waals surface area contributed by atoms with Crippen molar-refractivity contribution in [3.05, 3.63) is 0 Å². The molecule has 1 unspecified atom stereocenters. The van der Waals surface area contributed by atoms with E-state index in [1.54, 1.807) is 0 Å². The van der Waals surface area contributed by atoms with Gasteiger partial charge in [-0.15, -0.1) is 0 Å². The standard InChI is InChI=1S/C15H26N2O4.C5H13N/c1-10(2)11-9-13(20)17(14(11)21)7-5-12(19)16-15(3,4)6-8-18;1-5(2)3-4-6/h10-11,18H,5-9H2,1-4H3,(H,16,19);5H,3-4,6H2,1-2H3. The number of hydrogen-bond donors (Lipinski definition) is 3. The summed E-state index contributed by atoms with van der Waals surface area (Å²) in [5, 5.41) is 11.7. The molecule has 1 aliphatic rings. The minimum Gasteiger partial charge on any atom is -0.396 e. The number of imide groups is 1. The summed E-state index contributed by atoms with van der Waals surface area (Å²) in [6.07, 6.45) is 1.95. The number of hydrogen-bond acceptors (Lipinski definition) is 5. The van der Waals surface area contributed by atoms with Crippen molar-refractivity contribution in [2.75, 3.05) is 19.7 Å². The first kappa shape index (κ1) is 25.5. The molecule has 27 heavy (non-hydrogen) atoms. The number of rotatable bonds is 9. The van der Waals surface area contributed by atoms with Crippen LogP contribution in [0.1, 0.15) is 67.2 Å². The quantitative estimate of drug-likeness (QED) is 0.523. The van der Waals surface area contributed by atoms with Crippen LogP contribution in [0.4, 0.5) is 0 Å². The maximum atomic E-state index is 12.1. The Morgan fingerprint density at radius 2 is 1.89 bits per heavy atom. The van der Waals surface area contributed by atoms with Crippen LogP contribution in [0.5, 0.6) is 0 Å². The van der Waals surface area contributed by atoms with E-state index in [0.717, 1.165) is 18.9 Å². The van der Waals surface area contributed by atoms with E-state index in [-0.39, 0.29) is 55.6 Å². The molecule has 0 saturated carbocycles. The molecule has 4 N–H and O–H groups in total. The van der Waals surface area contributed by atoms with E-state index in [9.17, 15) is 14.4 Å². The molecule has 0 radical (unpaired) electrons. The minimum absolute atomic E-state index is 0.00749. The third-order valence-corrected chi connectivity index (χ3v) is 4.60. The minimum atomic E-state index is -0.495. The molecule has 0 aromatic rings. The predicted molar refractivity (Wildman–Crippen MR) is 107 cm³/mol. The predicted octanol–water partition coefficient (Wildman–Crippen LogP) is 1.68. The average molecular weight is 386 g/mol. The second-order valence-electron chi connectivity index (χ2n) is 8.57. The van der Waals surface area contributed by atoms with Gasteiger partial charge in [-0.25, -0.2) is 0 Å². The highest BCUT2D eigenvalue weighted by Crippen LogP contribution is 2.26. The van der Waals surface area contributed by atoms with Crippen LogP contribution in [0.3, 0.4) is 0 Å². The summed E-state index contributed by atoms with van der Waals surface area (Å²) in [7, 11) is 0. The number of aliphatic hydroxyl groups is 1. The molecule has 7 nitrogen and oxygen atoms in total. The Morgan fingerprint density at radius 1 is 1.30 bits per heavy atom. The zero-order valence-corrected chi connectivity index (χ0v) is 17.9. The molecule has 0 aliphatic carbocycles. The molecular formula is C20H39N3O4. The van der Waals surface area contributed by atoms with Crippen molar-refractivity contribution in [1.29, 1.82) is 0 Å². The summed E-state index contributed by atoms with van der Waals surface area (Å²) in [4.78, 5) is 37.0. The van der Waals surface area contributed by atoms with Crippen LogP contribution < -0.4 is 11.1 Å². The third kappa shape index (κ3) is 9.86. The van der Waals surface area contributed by atoms with Gasteiger partial charge in [-0.05, 0) is 45.1 Å². The lowest BCUT2D eigenvalue weighted by Crippen LogP contribution is -2.45. The molecule has 0 aromatic heterocycles. The third-order valence-electron chi connectivity index (χ3n) is 4.60. The van der Waals surface area contributed by atoms with E-state index < -0.39 is 5.54 Å². The van der Waals surface area contributed by atoms with Crippen LogP contribution in [0.15, 0.2) is 0 Å². The van der Waals surface area contributed by atoms with Crippen molar-refractivity contribution < 1.29 is 19.5 Å². The fourth-order valence-corrected chi connectivity index (χ4v) is 2.79. The Balaban J connectivity index is 0.000000972. The van der Waals surface area contributed by atoms with Crippen LogP contribution in [0.2, 0.25) is 0 Å². The highest BCUT2D eigenvalue weighted by atomic mass is 16.3. The van der Waals surface area contributed by atoms with Crippen LogP contribution >= 0.6 is 0 Å². The lowest BCUT2D eigenvalue weighted by molar-refractivity contribution is -0.140. The number of carbonyl (C=O) groups excluding carboxylic acids is 3. The molecule has 1 heterocycles. The Hall–Kier alpha value is -1.47. The van der Waals surface area contributed by atoms with Gasteiger partial charge in [0, 0.05) is 37.5 Å². The van der Waals surface area contributed by atoms with Crippen LogP contribution in [0.25, 0.3) is 0 Å². The first-order chi connectivity index (χ1) is 12.4. The van der Waals surface area contributed by atoms with Crippen molar-refractivity contribution in [3.63, 3.8) is 0 Å². The Morgan fingerprint density at radius 3 is 2.26 bits per heavy atom. The van der Waals surface area contributed by atoms with E-state index >= 15 is 0 Å². The molecule has 0 bridgehead atoms. The van der Waals surface area contributed by atoms with Crippen molar-refractivity contribution in [2.24, 2.45) is 23.5 Å². The fourth-order valence-electron chi connectivity index (χ4n) is 2.79. The van der Waals surface area contributed by atoms with E-state index in [2.05, 4.69) is 19.2 Å². The van der Waals surface area contributed by atoms with Gasteiger partial charge in [0.1, 0.15) is 0 Å². The number of aliphatic hydroxyl groups excluding tert-OH is 1. The number of amides is 3. The maximum absolute atomic E-state index is 12.1. The molecule has 1 saturated heterocycles. The molecule has 1 atom stereocenters. The number of nitrogens with two attached hydrogens (primary N) is 1. The summed E-state index contributed by atoms with van der Waals surface area (Å²) in [5.41, 5.74) is 4.73. The van der Waals surface area contributed by atoms with Gasteiger partial charge in [-0.3, -0.25) is 19.3 Å². The van der Waals surface area contributed by atoms with Crippen LogP contribution in [0, 0.1) is 17.8 Å². The Labute approximate surface area is 164 Å². The van der Waals surface area contributed by atoms with Gasteiger partial charge in [-0.2, -0.15) is 0 Å². The molecule has 7 heteroatoms. The van der Waals surface area contributed by atoms with E-state index in [0.29, 0.717) is 6.42 Å². The summed E-state index contributed by atoms with van der Waals surface area (Å²) in [5.74, 6) is 0.0609. The average Bonchev–Trinajstić information content (AvgIpc) is 2.80. The van der Waals surface area contributed by atoms with E-state index in [1.165, 1.54) is 4.90 Å². The maximum Gasteiger partial charge on any atom is 0.233 e. The molecule has 0 aromatic carbocycles. The molecule has 158 valence electrons. The molecule has 1 fully saturated rings.